The molecule has 2 nitrogen and oxygen atoms in total. The van der Waals surface area contributed by atoms with Gasteiger partial charge >= 0.3 is 0 Å². The largest absolute Gasteiger partial charge is 0.396 e. The Morgan fingerprint density at radius 1 is 1.50 bits per heavy atom. The molecule has 1 N–H and O–H groups in total. The normalized spacial score (nSPS) is 24.2. The number of piperidine rings is 1. The van der Waals surface area contributed by atoms with Gasteiger partial charge in [-0.05, 0) is 44.8 Å². The minimum Gasteiger partial charge on any atom is -0.396 e. The summed E-state index contributed by atoms with van der Waals surface area (Å²) in [6.45, 7) is 2.71. The molecule has 1 unspecified atom stereocenters. The molecule has 0 aromatic heterocycles. The lowest BCUT2D eigenvalue weighted by Crippen LogP contribution is -2.34. The smallest absolute Gasteiger partial charge is 0.0469 e. The van der Waals surface area contributed by atoms with Crippen LogP contribution in [0.4, 0.5) is 0 Å². The first-order chi connectivity index (χ1) is 5.77. The molecule has 0 aromatic carbocycles. The Morgan fingerprint density at radius 3 is 2.50 bits per heavy atom. The second-order valence-corrected chi connectivity index (χ2v) is 4.39. The number of hydrogen-bond acceptors (Lipinski definition) is 2. The van der Waals surface area contributed by atoms with Crippen LogP contribution in [0.2, 0.25) is 0 Å². The maximum absolute atomic E-state index is 9.10. The van der Waals surface area contributed by atoms with Crippen molar-refractivity contribution in [3.05, 3.63) is 0 Å². The third kappa shape index (κ3) is 2.71. The minimum atomic E-state index is 0.333. The second-order valence-electron chi connectivity index (χ2n) is 3.74. The number of aliphatic hydroxyl groups excluding tert-OH is 1. The van der Waals surface area contributed by atoms with Crippen LogP contribution in [0.1, 0.15) is 12.8 Å². The van der Waals surface area contributed by atoms with Gasteiger partial charge in [0.1, 0.15) is 0 Å². The predicted molar refractivity (Wildman–Crippen MR) is 54.6 cm³/mol. The summed E-state index contributed by atoms with van der Waals surface area (Å²) >= 11 is 3.45. The zero-order valence-electron chi connectivity index (χ0n) is 7.67. The highest BCUT2D eigenvalue weighted by Gasteiger charge is 2.23. The van der Waals surface area contributed by atoms with Crippen LogP contribution in [-0.2, 0) is 0 Å². The van der Waals surface area contributed by atoms with Crippen molar-refractivity contribution in [2.75, 3.05) is 32.1 Å². The fraction of sp³-hybridized carbons (Fsp3) is 1.00. The SMILES string of the molecule is CN1CCC(C(CO)CBr)CC1. The molecule has 0 amide bonds. The molecule has 1 aliphatic heterocycles. The predicted octanol–water partition coefficient (Wildman–Crippen LogP) is 1.33. The van der Waals surface area contributed by atoms with Crippen LogP contribution in [0.5, 0.6) is 0 Å². The highest BCUT2D eigenvalue weighted by atomic mass is 79.9. The van der Waals surface area contributed by atoms with E-state index in [9.17, 15) is 0 Å². The van der Waals surface area contributed by atoms with Gasteiger partial charge in [-0.25, -0.2) is 0 Å². The molecule has 1 aliphatic rings. The summed E-state index contributed by atoms with van der Waals surface area (Å²) in [7, 11) is 2.16. The zero-order chi connectivity index (χ0) is 8.97. The summed E-state index contributed by atoms with van der Waals surface area (Å²) in [6, 6.07) is 0. The second kappa shape index (κ2) is 5.20. The molecule has 3 heteroatoms. The first-order valence-electron chi connectivity index (χ1n) is 4.63. The molecule has 1 rings (SSSR count). The van der Waals surface area contributed by atoms with Crippen molar-refractivity contribution < 1.29 is 5.11 Å². The third-order valence-corrected chi connectivity index (χ3v) is 3.69. The van der Waals surface area contributed by atoms with Crippen LogP contribution in [-0.4, -0.2) is 42.1 Å². The van der Waals surface area contributed by atoms with E-state index in [1.54, 1.807) is 0 Å². The van der Waals surface area contributed by atoms with Crippen molar-refractivity contribution >= 4 is 15.9 Å². The first-order valence-corrected chi connectivity index (χ1v) is 5.75. The number of alkyl halides is 1. The summed E-state index contributed by atoms with van der Waals surface area (Å²) in [5.74, 6) is 1.20. The van der Waals surface area contributed by atoms with Crippen molar-refractivity contribution in [1.82, 2.24) is 4.90 Å². The molecule has 1 atom stereocenters. The Bertz CT molecular complexity index is 120. The Hall–Kier alpha value is 0.400. The average molecular weight is 236 g/mol. The van der Waals surface area contributed by atoms with Gasteiger partial charge in [-0.1, -0.05) is 15.9 Å². The van der Waals surface area contributed by atoms with Gasteiger partial charge in [0, 0.05) is 11.9 Å². The molecule has 0 spiro atoms. The van der Waals surface area contributed by atoms with Crippen LogP contribution in [0.15, 0.2) is 0 Å². The highest BCUT2D eigenvalue weighted by molar-refractivity contribution is 9.09. The van der Waals surface area contributed by atoms with Gasteiger partial charge in [-0.15, -0.1) is 0 Å². The summed E-state index contributed by atoms with van der Waals surface area (Å²) in [4.78, 5) is 2.36. The number of hydrogen-bond donors (Lipinski definition) is 1. The molecule has 0 bridgehead atoms. The maximum Gasteiger partial charge on any atom is 0.0469 e. The summed E-state index contributed by atoms with van der Waals surface area (Å²) in [5.41, 5.74) is 0. The fourth-order valence-corrected chi connectivity index (χ4v) is 2.56. The molecule has 0 saturated carbocycles. The lowest BCUT2D eigenvalue weighted by molar-refractivity contribution is 0.132. The number of halogens is 1. The zero-order valence-corrected chi connectivity index (χ0v) is 9.26. The molecule has 0 aliphatic carbocycles. The third-order valence-electron chi connectivity index (χ3n) is 2.86. The Kier molecular flexibility index (Phi) is 4.54. The van der Waals surface area contributed by atoms with Crippen molar-refractivity contribution in [2.24, 2.45) is 11.8 Å². The minimum absolute atomic E-state index is 0.333. The van der Waals surface area contributed by atoms with Gasteiger partial charge < -0.3 is 10.0 Å². The van der Waals surface area contributed by atoms with E-state index in [0.717, 1.165) is 11.2 Å². The van der Waals surface area contributed by atoms with Gasteiger partial charge in [0.2, 0.25) is 0 Å². The van der Waals surface area contributed by atoms with Crippen molar-refractivity contribution in [3.63, 3.8) is 0 Å². The molecule has 72 valence electrons. The van der Waals surface area contributed by atoms with Crippen molar-refractivity contribution in [1.29, 1.82) is 0 Å². The van der Waals surface area contributed by atoms with Crippen molar-refractivity contribution in [2.45, 2.75) is 12.8 Å². The summed E-state index contributed by atoms with van der Waals surface area (Å²) in [6.07, 6.45) is 2.49. The van der Waals surface area contributed by atoms with Crippen LogP contribution in [0.3, 0.4) is 0 Å². The lowest BCUT2D eigenvalue weighted by atomic mass is 9.86. The quantitative estimate of drug-likeness (QED) is 0.747. The van der Waals surface area contributed by atoms with Gasteiger partial charge in [-0.2, -0.15) is 0 Å². The van der Waals surface area contributed by atoms with Crippen LogP contribution >= 0.6 is 15.9 Å². The fourth-order valence-electron chi connectivity index (χ4n) is 1.82. The van der Waals surface area contributed by atoms with Crippen LogP contribution < -0.4 is 0 Å². The Morgan fingerprint density at radius 2 is 2.08 bits per heavy atom. The lowest BCUT2D eigenvalue weighted by Gasteiger charge is -2.32. The van der Waals surface area contributed by atoms with E-state index in [-0.39, 0.29) is 0 Å². The molecular formula is C9H18BrNO. The highest BCUT2D eigenvalue weighted by Crippen LogP contribution is 2.25. The van der Waals surface area contributed by atoms with Crippen molar-refractivity contribution in [3.8, 4) is 0 Å². The van der Waals surface area contributed by atoms with Gasteiger partial charge in [0.05, 0.1) is 0 Å². The Balaban J connectivity index is 2.32. The van der Waals surface area contributed by atoms with E-state index in [4.69, 9.17) is 5.11 Å². The number of nitrogens with zero attached hydrogens (tertiary/aromatic N) is 1. The van der Waals surface area contributed by atoms with Crippen LogP contribution in [0.25, 0.3) is 0 Å². The molecule has 0 aromatic rings. The molecule has 1 heterocycles. The molecule has 0 radical (unpaired) electrons. The van der Waals surface area contributed by atoms with Gasteiger partial charge in [-0.3, -0.25) is 0 Å². The van der Waals surface area contributed by atoms with E-state index < -0.39 is 0 Å². The number of rotatable bonds is 3. The molecule has 1 fully saturated rings. The topological polar surface area (TPSA) is 23.5 Å². The first kappa shape index (κ1) is 10.5. The standard InChI is InChI=1S/C9H18BrNO/c1-11-4-2-8(3-5-11)9(6-10)7-12/h8-9,12H,2-7H2,1H3. The number of aliphatic hydroxyl groups is 1. The van der Waals surface area contributed by atoms with Crippen LogP contribution in [0, 0.1) is 11.8 Å². The van der Waals surface area contributed by atoms with Gasteiger partial charge in [0.25, 0.3) is 0 Å². The van der Waals surface area contributed by atoms with E-state index in [1.807, 2.05) is 0 Å². The monoisotopic (exact) mass is 235 g/mol. The summed E-state index contributed by atoms with van der Waals surface area (Å²) in [5, 5.41) is 10.0. The molecule has 1 saturated heterocycles. The molecular weight excluding hydrogens is 218 g/mol. The van der Waals surface area contributed by atoms with E-state index in [2.05, 4.69) is 27.9 Å². The Labute approximate surface area is 83.1 Å². The number of likely N-dealkylation sites (tertiary alicyclic amines) is 1. The van der Waals surface area contributed by atoms with Gasteiger partial charge in [0.15, 0.2) is 0 Å². The van der Waals surface area contributed by atoms with E-state index in [1.165, 1.54) is 25.9 Å². The van der Waals surface area contributed by atoms with E-state index in [0.29, 0.717) is 12.5 Å². The average Bonchev–Trinajstić information content (AvgIpc) is 2.10. The molecule has 12 heavy (non-hydrogen) atoms. The van der Waals surface area contributed by atoms with E-state index >= 15 is 0 Å². The maximum atomic E-state index is 9.10. The summed E-state index contributed by atoms with van der Waals surface area (Å²) < 4.78 is 0.